The van der Waals surface area contributed by atoms with Gasteiger partial charge in [0.1, 0.15) is 0 Å². The maximum atomic E-state index is 13.6. The van der Waals surface area contributed by atoms with Crippen molar-refractivity contribution < 1.29 is 37.0 Å². The molecule has 0 aromatic heterocycles. The molecule has 0 spiro atoms. The Morgan fingerprint density at radius 1 is 1.03 bits per heavy atom. The van der Waals surface area contributed by atoms with Crippen molar-refractivity contribution in [1.82, 2.24) is 0 Å². The summed E-state index contributed by atoms with van der Waals surface area (Å²) < 4.78 is 42.6. The maximum absolute atomic E-state index is 13.6. The van der Waals surface area contributed by atoms with Crippen molar-refractivity contribution in [3.63, 3.8) is 0 Å². The lowest BCUT2D eigenvalue weighted by Gasteiger charge is -2.39. The van der Waals surface area contributed by atoms with E-state index < -0.39 is 56.2 Å². The number of rotatable bonds is 7. The van der Waals surface area contributed by atoms with Crippen LogP contribution in [0.3, 0.4) is 0 Å². The summed E-state index contributed by atoms with van der Waals surface area (Å²) in [5.41, 5.74) is -1.04. The van der Waals surface area contributed by atoms with E-state index in [-0.39, 0.29) is 37.4 Å². The molecule has 9 heteroatoms. The third-order valence-corrected chi connectivity index (χ3v) is 8.98. The highest BCUT2D eigenvalue weighted by Gasteiger charge is 2.64. The van der Waals surface area contributed by atoms with Gasteiger partial charge in [0.25, 0.3) is 0 Å². The fourth-order valence-corrected chi connectivity index (χ4v) is 7.32. The minimum atomic E-state index is -3.93. The van der Waals surface area contributed by atoms with Gasteiger partial charge in [-0.3, -0.25) is 14.4 Å². The second-order valence-corrected chi connectivity index (χ2v) is 10.7. The first-order chi connectivity index (χ1) is 15.6. The molecular formula is C24H30O8S. The van der Waals surface area contributed by atoms with Gasteiger partial charge in [-0.2, -0.15) is 0 Å². The van der Waals surface area contributed by atoms with Gasteiger partial charge in [0.15, 0.2) is 15.3 Å². The number of hydrogen-bond donors (Lipinski definition) is 0. The molecule has 1 aromatic rings. The van der Waals surface area contributed by atoms with E-state index in [2.05, 4.69) is 6.58 Å². The van der Waals surface area contributed by atoms with E-state index >= 15 is 0 Å². The molecule has 8 nitrogen and oxygen atoms in total. The lowest BCUT2D eigenvalue weighted by molar-refractivity contribution is -0.172. The SMILES string of the molecule is C=C1CC(S(=O)(=O)c2ccccc2)C(C(=O)OC)C2CC(C(=O)OCC)(C(=O)OCC)CC12. The second-order valence-electron chi connectivity index (χ2n) is 8.51. The largest absolute Gasteiger partial charge is 0.469 e. The predicted octanol–water partition coefficient (Wildman–Crippen LogP) is 2.72. The lowest BCUT2D eigenvalue weighted by atomic mass is 9.71. The van der Waals surface area contributed by atoms with E-state index in [1.54, 1.807) is 32.0 Å². The molecule has 180 valence electrons. The van der Waals surface area contributed by atoms with Crippen molar-refractivity contribution in [1.29, 1.82) is 0 Å². The van der Waals surface area contributed by atoms with Gasteiger partial charge >= 0.3 is 17.9 Å². The maximum Gasteiger partial charge on any atom is 0.323 e. The van der Waals surface area contributed by atoms with Crippen molar-refractivity contribution in [2.45, 2.75) is 43.3 Å². The number of hydrogen-bond acceptors (Lipinski definition) is 8. The molecule has 0 saturated heterocycles. The van der Waals surface area contributed by atoms with Crippen LogP contribution in [0.15, 0.2) is 47.4 Å². The van der Waals surface area contributed by atoms with Crippen LogP contribution in [0.2, 0.25) is 0 Å². The van der Waals surface area contributed by atoms with Crippen molar-refractivity contribution in [2.75, 3.05) is 20.3 Å². The number of fused-ring (bicyclic) bond motifs is 1. The van der Waals surface area contributed by atoms with Gasteiger partial charge in [-0.05, 0) is 57.1 Å². The highest BCUT2D eigenvalue weighted by atomic mass is 32.2. The summed E-state index contributed by atoms with van der Waals surface area (Å²) in [5, 5.41) is -1.12. The first-order valence-corrected chi connectivity index (χ1v) is 12.6. The molecule has 2 aliphatic rings. The number of carbonyl (C=O) groups is 3. The summed E-state index contributed by atoms with van der Waals surface area (Å²) >= 11 is 0. The molecule has 0 aliphatic heterocycles. The normalized spacial score (nSPS) is 26.2. The molecule has 1 aromatic carbocycles. The summed E-state index contributed by atoms with van der Waals surface area (Å²) in [5.74, 6) is -4.28. The Morgan fingerprint density at radius 2 is 1.61 bits per heavy atom. The molecule has 2 saturated carbocycles. The Bertz CT molecular complexity index is 1010. The zero-order valence-electron chi connectivity index (χ0n) is 19.1. The van der Waals surface area contributed by atoms with Gasteiger partial charge in [0.2, 0.25) is 0 Å². The molecule has 4 atom stereocenters. The molecule has 0 heterocycles. The first-order valence-electron chi connectivity index (χ1n) is 11.0. The summed E-state index contributed by atoms with van der Waals surface area (Å²) in [6, 6.07) is 7.89. The van der Waals surface area contributed by atoms with Crippen LogP contribution < -0.4 is 0 Å². The second kappa shape index (κ2) is 9.67. The van der Waals surface area contributed by atoms with Crippen LogP contribution in [0.4, 0.5) is 0 Å². The zero-order chi connectivity index (χ0) is 24.4. The van der Waals surface area contributed by atoms with Crippen molar-refractivity contribution >= 4 is 27.7 Å². The number of benzene rings is 1. The van der Waals surface area contributed by atoms with Gasteiger partial charge in [-0.15, -0.1) is 0 Å². The molecule has 4 unspecified atom stereocenters. The van der Waals surface area contributed by atoms with Gasteiger partial charge in [-0.25, -0.2) is 8.42 Å². The van der Waals surface area contributed by atoms with Crippen LogP contribution in [-0.4, -0.2) is 51.9 Å². The standard InChI is InChI=1S/C24H30O8S/c1-5-31-22(26)24(23(27)32-6-2)13-17-15(3)12-19(20(18(17)14-24)21(25)30-4)33(28,29)16-10-8-7-9-11-16/h7-11,17-20H,3,5-6,12-14H2,1-2,4H3. The predicted molar refractivity (Wildman–Crippen MR) is 119 cm³/mol. The molecule has 0 amide bonds. The molecule has 33 heavy (non-hydrogen) atoms. The molecule has 0 radical (unpaired) electrons. The summed E-state index contributed by atoms with van der Waals surface area (Å²) in [6.07, 6.45) is 0.00852. The Labute approximate surface area is 194 Å². The molecule has 2 aliphatic carbocycles. The van der Waals surface area contributed by atoms with E-state index in [9.17, 15) is 22.8 Å². The average Bonchev–Trinajstić information content (AvgIpc) is 3.22. The van der Waals surface area contributed by atoms with Crippen LogP contribution >= 0.6 is 0 Å². The number of sulfone groups is 1. The van der Waals surface area contributed by atoms with E-state index in [1.165, 1.54) is 19.2 Å². The number of allylic oxidation sites excluding steroid dienone is 1. The number of methoxy groups -OCH3 is 1. The average molecular weight is 479 g/mol. The molecule has 2 fully saturated rings. The molecular weight excluding hydrogens is 448 g/mol. The van der Waals surface area contributed by atoms with Gasteiger partial charge in [-0.1, -0.05) is 30.4 Å². The first kappa shape index (κ1) is 25.0. The van der Waals surface area contributed by atoms with Gasteiger partial charge < -0.3 is 14.2 Å². The highest BCUT2D eigenvalue weighted by Crippen LogP contribution is 2.57. The van der Waals surface area contributed by atoms with Crippen molar-refractivity contribution in [3.8, 4) is 0 Å². The number of carbonyl (C=O) groups excluding carboxylic acids is 3. The third-order valence-electron chi connectivity index (χ3n) is 6.79. The van der Waals surface area contributed by atoms with Crippen LogP contribution in [0.25, 0.3) is 0 Å². The van der Waals surface area contributed by atoms with Gasteiger partial charge in [0, 0.05) is 0 Å². The van der Waals surface area contributed by atoms with E-state index in [1.807, 2.05) is 0 Å². The Morgan fingerprint density at radius 3 is 2.12 bits per heavy atom. The quantitative estimate of drug-likeness (QED) is 0.254. The van der Waals surface area contributed by atoms with E-state index in [0.717, 1.165) is 0 Å². The van der Waals surface area contributed by atoms with Gasteiger partial charge in [0.05, 0.1) is 36.4 Å². The summed E-state index contributed by atoms with van der Waals surface area (Å²) in [4.78, 5) is 39.0. The van der Waals surface area contributed by atoms with E-state index in [0.29, 0.717) is 5.57 Å². The summed E-state index contributed by atoms with van der Waals surface area (Å²) in [6.45, 7) is 7.50. The Balaban J connectivity index is 2.09. The van der Waals surface area contributed by atoms with Crippen LogP contribution in [0, 0.1) is 23.2 Å². The Hall–Kier alpha value is -2.68. The Kier molecular flexibility index (Phi) is 7.31. The molecule has 0 N–H and O–H groups in total. The molecule has 3 rings (SSSR count). The van der Waals surface area contributed by atoms with Crippen LogP contribution in [0.1, 0.15) is 33.1 Å². The van der Waals surface area contributed by atoms with Crippen LogP contribution in [0.5, 0.6) is 0 Å². The number of ether oxygens (including phenoxy) is 3. The monoisotopic (exact) mass is 478 g/mol. The van der Waals surface area contributed by atoms with Crippen molar-refractivity contribution in [3.05, 3.63) is 42.5 Å². The van der Waals surface area contributed by atoms with E-state index in [4.69, 9.17) is 14.2 Å². The fraction of sp³-hybridized carbons (Fsp3) is 0.542. The van der Waals surface area contributed by atoms with Crippen LogP contribution in [-0.2, 0) is 38.4 Å². The smallest absolute Gasteiger partial charge is 0.323 e. The minimum absolute atomic E-state index is 0.0277. The zero-order valence-corrected chi connectivity index (χ0v) is 19.9. The topological polar surface area (TPSA) is 113 Å². The minimum Gasteiger partial charge on any atom is -0.469 e. The fourth-order valence-electron chi connectivity index (χ4n) is 5.30. The molecule has 0 bridgehead atoms. The highest BCUT2D eigenvalue weighted by molar-refractivity contribution is 7.92. The summed E-state index contributed by atoms with van der Waals surface area (Å²) in [7, 11) is -2.73. The lowest BCUT2D eigenvalue weighted by Crippen LogP contribution is -2.46. The third kappa shape index (κ3) is 4.30. The van der Waals surface area contributed by atoms with Crippen molar-refractivity contribution in [2.24, 2.45) is 23.2 Å². The number of esters is 3.